The third-order valence-electron chi connectivity index (χ3n) is 5.36. The molecule has 0 amide bonds. The Morgan fingerprint density at radius 1 is 0.957 bits per heavy atom. The maximum absolute atomic E-state index is 2.72. The van der Waals surface area contributed by atoms with Crippen LogP contribution in [0.25, 0.3) is 6.08 Å². The zero-order valence-corrected chi connectivity index (χ0v) is 14.7. The normalized spacial score (nSPS) is 22.9. The van der Waals surface area contributed by atoms with E-state index in [-0.39, 0.29) is 0 Å². The molecule has 0 radical (unpaired) electrons. The Hall–Kier alpha value is -1.16. The van der Waals surface area contributed by atoms with E-state index in [1.165, 1.54) is 63.2 Å². The highest BCUT2D eigenvalue weighted by Gasteiger charge is 2.25. The molecular formula is C20H31N3. The lowest BCUT2D eigenvalue weighted by Crippen LogP contribution is -2.52. The Morgan fingerprint density at radius 3 is 2.26 bits per heavy atom. The van der Waals surface area contributed by atoms with E-state index < -0.39 is 0 Å². The van der Waals surface area contributed by atoms with E-state index in [1.807, 2.05) is 0 Å². The Kier molecular flexibility index (Phi) is 5.87. The molecule has 2 aliphatic rings. The standard InChI is InChI=1S/C20H31N3/c1-18-5-7-19(8-6-18)4-3-11-22-12-9-20(10-13-22)23-16-14-21(2)15-17-23/h3-8,20H,9-17H2,1-2H3/b4-3+. The van der Waals surface area contributed by atoms with Gasteiger partial charge in [-0.2, -0.15) is 0 Å². The molecule has 0 aliphatic carbocycles. The third kappa shape index (κ3) is 4.90. The number of likely N-dealkylation sites (N-methyl/N-ethyl adjacent to an activating group) is 1. The number of rotatable bonds is 4. The van der Waals surface area contributed by atoms with Gasteiger partial charge in [-0.15, -0.1) is 0 Å². The van der Waals surface area contributed by atoms with Crippen LogP contribution in [0.1, 0.15) is 24.0 Å². The van der Waals surface area contributed by atoms with Crippen molar-refractivity contribution in [3.05, 3.63) is 41.5 Å². The number of piperazine rings is 1. The number of likely N-dealkylation sites (tertiary alicyclic amines) is 1. The van der Waals surface area contributed by atoms with Crippen molar-refractivity contribution in [3.63, 3.8) is 0 Å². The second kappa shape index (κ2) is 8.09. The van der Waals surface area contributed by atoms with Gasteiger partial charge < -0.3 is 4.90 Å². The monoisotopic (exact) mass is 313 g/mol. The van der Waals surface area contributed by atoms with Crippen LogP contribution in [0.2, 0.25) is 0 Å². The van der Waals surface area contributed by atoms with E-state index in [0.29, 0.717) is 0 Å². The fourth-order valence-corrected chi connectivity index (χ4v) is 3.67. The van der Waals surface area contributed by atoms with Gasteiger partial charge in [0.05, 0.1) is 0 Å². The average molecular weight is 313 g/mol. The minimum Gasteiger partial charge on any atom is -0.304 e. The van der Waals surface area contributed by atoms with Gasteiger partial charge in [0.1, 0.15) is 0 Å². The van der Waals surface area contributed by atoms with Gasteiger partial charge >= 0.3 is 0 Å². The van der Waals surface area contributed by atoms with Gasteiger partial charge in [0, 0.05) is 38.8 Å². The molecule has 0 spiro atoms. The second-order valence-electron chi connectivity index (χ2n) is 7.18. The highest BCUT2D eigenvalue weighted by molar-refractivity contribution is 5.49. The lowest BCUT2D eigenvalue weighted by atomic mass is 10.0. The topological polar surface area (TPSA) is 9.72 Å². The Balaban J connectivity index is 1.40. The van der Waals surface area contributed by atoms with Crippen LogP contribution in [0.4, 0.5) is 0 Å². The summed E-state index contributed by atoms with van der Waals surface area (Å²) in [4.78, 5) is 7.76. The molecule has 3 rings (SSSR count). The summed E-state index contributed by atoms with van der Waals surface area (Å²) in [6.07, 6.45) is 7.25. The van der Waals surface area contributed by atoms with Crippen LogP contribution in [-0.2, 0) is 0 Å². The summed E-state index contributed by atoms with van der Waals surface area (Å²) in [6.45, 7) is 10.7. The molecule has 23 heavy (non-hydrogen) atoms. The average Bonchev–Trinajstić information content (AvgIpc) is 2.58. The van der Waals surface area contributed by atoms with Crippen molar-refractivity contribution in [1.82, 2.24) is 14.7 Å². The zero-order valence-electron chi connectivity index (χ0n) is 14.7. The van der Waals surface area contributed by atoms with E-state index >= 15 is 0 Å². The summed E-state index contributed by atoms with van der Waals surface area (Å²) < 4.78 is 0. The number of hydrogen-bond acceptors (Lipinski definition) is 3. The van der Waals surface area contributed by atoms with Gasteiger partial charge in [-0.3, -0.25) is 9.80 Å². The highest BCUT2D eigenvalue weighted by Crippen LogP contribution is 2.18. The number of piperidine rings is 1. The number of nitrogens with zero attached hydrogens (tertiary/aromatic N) is 3. The van der Waals surface area contributed by atoms with Crippen molar-refractivity contribution in [2.75, 3.05) is 52.9 Å². The SMILES string of the molecule is Cc1ccc(/C=C/CN2CCC(N3CCN(C)CC3)CC2)cc1. The first-order valence-corrected chi connectivity index (χ1v) is 9.09. The fourth-order valence-electron chi connectivity index (χ4n) is 3.67. The molecule has 2 saturated heterocycles. The molecule has 126 valence electrons. The van der Waals surface area contributed by atoms with Crippen molar-refractivity contribution in [2.24, 2.45) is 0 Å². The number of aryl methyl sites for hydroxylation is 1. The van der Waals surface area contributed by atoms with Crippen molar-refractivity contribution in [2.45, 2.75) is 25.8 Å². The van der Waals surface area contributed by atoms with E-state index in [1.54, 1.807) is 0 Å². The van der Waals surface area contributed by atoms with Crippen molar-refractivity contribution < 1.29 is 0 Å². The van der Waals surface area contributed by atoms with Crippen LogP contribution in [0.15, 0.2) is 30.3 Å². The summed E-state index contributed by atoms with van der Waals surface area (Å²) >= 11 is 0. The van der Waals surface area contributed by atoms with Crippen molar-refractivity contribution in [1.29, 1.82) is 0 Å². The largest absolute Gasteiger partial charge is 0.304 e. The maximum Gasteiger partial charge on any atom is 0.0166 e. The first-order chi connectivity index (χ1) is 11.2. The Labute approximate surface area is 141 Å². The van der Waals surface area contributed by atoms with Gasteiger partial charge in [-0.1, -0.05) is 42.0 Å². The van der Waals surface area contributed by atoms with E-state index in [2.05, 4.69) is 65.1 Å². The smallest absolute Gasteiger partial charge is 0.0166 e. The van der Waals surface area contributed by atoms with Crippen LogP contribution in [0.3, 0.4) is 0 Å². The Bertz CT molecular complexity index is 492. The molecule has 0 bridgehead atoms. The maximum atomic E-state index is 2.72. The zero-order chi connectivity index (χ0) is 16.1. The third-order valence-corrected chi connectivity index (χ3v) is 5.36. The molecule has 0 atom stereocenters. The summed E-state index contributed by atoms with van der Waals surface area (Å²) in [5.74, 6) is 0. The molecular weight excluding hydrogens is 282 g/mol. The molecule has 0 unspecified atom stereocenters. The molecule has 2 aliphatic heterocycles. The van der Waals surface area contributed by atoms with Gasteiger partial charge in [0.2, 0.25) is 0 Å². The first kappa shape index (κ1) is 16.7. The van der Waals surface area contributed by atoms with Gasteiger partial charge in [0.15, 0.2) is 0 Å². The molecule has 0 aromatic heterocycles. The van der Waals surface area contributed by atoms with Crippen LogP contribution in [0, 0.1) is 6.92 Å². The highest BCUT2D eigenvalue weighted by atomic mass is 15.3. The predicted octanol–water partition coefficient (Wildman–Crippen LogP) is 2.72. The molecule has 0 saturated carbocycles. The number of benzene rings is 1. The summed E-state index contributed by atoms with van der Waals surface area (Å²) in [5, 5.41) is 0. The molecule has 2 fully saturated rings. The molecule has 3 nitrogen and oxygen atoms in total. The lowest BCUT2D eigenvalue weighted by Gasteiger charge is -2.41. The van der Waals surface area contributed by atoms with Crippen LogP contribution < -0.4 is 0 Å². The molecule has 1 aromatic carbocycles. The summed E-state index contributed by atoms with van der Waals surface area (Å²) in [7, 11) is 2.24. The summed E-state index contributed by atoms with van der Waals surface area (Å²) in [5.41, 5.74) is 2.64. The predicted molar refractivity (Wildman–Crippen MR) is 98.7 cm³/mol. The molecule has 3 heteroatoms. The van der Waals surface area contributed by atoms with Crippen molar-refractivity contribution in [3.8, 4) is 0 Å². The fraction of sp³-hybridized carbons (Fsp3) is 0.600. The second-order valence-corrected chi connectivity index (χ2v) is 7.18. The first-order valence-electron chi connectivity index (χ1n) is 9.09. The molecule has 0 N–H and O–H groups in total. The van der Waals surface area contributed by atoms with E-state index in [0.717, 1.165) is 12.6 Å². The lowest BCUT2D eigenvalue weighted by molar-refractivity contribution is 0.0709. The minimum absolute atomic E-state index is 0.820. The van der Waals surface area contributed by atoms with E-state index in [4.69, 9.17) is 0 Å². The van der Waals surface area contributed by atoms with Crippen LogP contribution in [-0.4, -0.2) is 73.6 Å². The minimum atomic E-state index is 0.820. The van der Waals surface area contributed by atoms with Crippen molar-refractivity contribution >= 4 is 6.08 Å². The van der Waals surface area contributed by atoms with Gasteiger partial charge in [0.25, 0.3) is 0 Å². The quantitative estimate of drug-likeness (QED) is 0.846. The van der Waals surface area contributed by atoms with Gasteiger partial charge in [-0.25, -0.2) is 0 Å². The van der Waals surface area contributed by atoms with E-state index in [9.17, 15) is 0 Å². The number of hydrogen-bond donors (Lipinski definition) is 0. The Morgan fingerprint density at radius 2 is 1.61 bits per heavy atom. The molecule has 2 heterocycles. The summed E-state index contributed by atoms with van der Waals surface area (Å²) in [6, 6.07) is 9.58. The molecule has 1 aromatic rings. The van der Waals surface area contributed by atoms with Gasteiger partial charge in [-0.05, 0) is 45.5 Å². The van der Waals surface area contributed by atoms with Crippen LogP contribution >= 0.6 is 0 Å². The van der Waals surface area contributed by atoms with Crippen LogP contribution in [0.5, 0.6) is 0 Å².